The van der Waals surface area contributed by atoms with Crippen molar-refractivity contribution in [3.8, 4) is 16.3 Å². The zero-order valence-corrected chi connectivity index (χ0v) is 12.3. The van der Waals surface area contributed by atoms with Crippen LogP contribution in [0.5, 0.6) is 5.75 Å². The summed E-state index contributed by atoms with van der Waals surface area (Å²) < 4.78 is 0. The van der Waals surface area contributed by atoms with Gasteiger partial charge >= 0.3 is 0 Å². The zero-order valence-electron chi connectivity index (χ0n) is 10.6. The van der Waals surface area contributed by atoms with Crippen molar-refractivity contribution < 1.29 is 5.11 Å². The van der Waals surface area contributed by atoms with E-state index in [9.17, 15) is 5.11 Å². The molecule has 0 aliphatic rings. The number of nitrogen functional groups attached to an aromatic ring is 1. The normalized spacial score (nSPS) is 10.7. The summed E-state index contributed by atoms with van der Waals surface area (Å²) in [4.78, 5) is 9.73. The van der Waals surface area contributed by atoms with Gasteiger partial charge in [0.25, 0.3) is 0 Å². The maximum Gasteiger partial charge on any atom is 0.187 e. The van der Waals surface area contributed by atoms with Crippen LogP contribution in [-0.4, -0.2) is 15.1 Å². The molecular formula is C13H12N4OS2. The largest absolute Gasteiger partial charge is 0.508 e. The van der Waals surface area contributed by atoms with Gasteiger partial charge in [-0.3, -0.25) is 0 Å². The molecule has 3 rings (SSSR count). The van der Waals surface area contributed by atoms with Gasteiger partial charge in [0.1, 0.15) is 5.75 Å². The molecule has 0 fully saturated rings. The van der Waals surface area contributed by atoms with Crippen LogP contribution in [0.15, 0.2) is 29.6 Å². The molecule has 0 aliphatic heterocycles. The number of phenolic OH excluding ortho intramolecular Hbond substituents is 1. The second-order valence-corrected chi connectivity index (χ2v) is 6.07. The van der Waals surface area contributed by atoms with Gasteiger partial charge in [0.05, 0.1) is 16.3 Å². The Hall–Kier alpha value is -2.12. The summed E-state index contributed by atoms with van der Waals surface area (Å²) in [6.07, 6.45) is 0. The van der Waals surface area contributed by atoms with Crippen molar-refractivity contribution in [1.29, 1.82) is 0 Å². The van der Waals surface area contributed by atoms with Crippen molar-refractivity contribution in [2.75, 3.05) is 11.1 Å². The lowest BCUT2D eigenvalue weighted by Crippen LogP contribution is -1.88. The van der Waals surface area contributed by atoms with Crippen molar-refractivity contribution in [3.63, 3.8) is 0 Å². The molecule has 0 unspecified atom stereocenters. The monoisotopic (exact) mass is 304 g/mol. The van der Waals surface area contributed by atoms with E-state index in [1.807, 2.05) is 12.3 Å². The summed E-state index contributed by atoms with van der Waals surface area (Å²) in [5.74, 6) is 0.242. The number of hydrogen-bond acceptors (Lipinski definition) is 7. The summed E-state index contributed by atoms with van der Waals surface area (Å²) in [5.41, 5.74) is 8.36. The Balaban J connectivity index is 1.83. The van der Waals surface area contributed by atoms with E-state index in [0.717, 1.165) is 27.1 Å². The average molecular weight is 304 g/mol. The molecule has 0 atom stereocenters. The molecule has 2 aromatic heterocycles. The van der Waals surface area contributed by atoms with Crippen molar-refractivity contribution in [2.24, 2.45) is 0 Å². The summed E-state index contributed by atoms with van der Waals surface area (Å²) in [6, 6.07) is 6.86. The summed E-state index contributed by atoms with van der Waals surface area (Å²) >= 11 is 2.95. The van der Waals surface area contributed by atoms with Gasteiger partial charge in [0, 0.05) is 11.1 Å². The zero-order chi connectivity index (χ0) is 14.1. The molecular weight excluding hydrogens is 292 g/mol. The summed E-state index contributed by atoms with van der Waals surface area (Å²) in [7, 11) is 0. The summed E-state index contributed by atoms with van der Waals surface area (Å²) in [6.45, 7) is 1.93. The first-order valence-corrected chi connectivity index (χ1v) is 7.56. The predicted molar refractivity (Wildman–Crippen MR) is 83.8 cm³/mol. The van der Waals surface area contributed by atoms with E-state index >= 15 is 0 Å². The first kappa shape index (κ1) is 12.9. The SMILES string of the molecule is Cc1nc(N)sc1-c1csc(Nc2ccc(O)cc2)n1. The van der Waals surface area contributed by atoms with Crippen LogP contribution in [0.4, 0.5) is 16.0 Å². The minimum atomic E-state index is 0.242. The number of benzene rings is 1. The van der Waals surface area contributed by atoms with Crippen LogP contribution in [0.25, 0.3) is 10.6 Å². The number of anilines is 3. The Morgan fingerprint density at radius 3 is 2.60 bits per heavy atom. The molecule has 4 N–H and O–H groups in total. The Morgan fingerprint density at radius 2 is 1.95 bits per heavy atom. The number of thiazole rings is 2. The molecule has 0 saturated carbocycles. The number of aromatic nitrogens is 2. The fourth-order valence-corrected chi connectivity index (χ4v) is 3.35. The third-order valence-electron chi connectivity index (χ3n) is 2.67. The van der Waals surface area contributed by atoms with Crippen LogP contribution in [-0.2, 0) is 0 Å². The highest BCUT2D eigenvalue weighted by Crippen LogP contribution is 2.34. The van der Waals surface area contributed by atoms with Gasteiger partial charge in [-0.2, -0.15) is 0 Å². The summed E-state index contributed by atoms with van der Waals surface area (Å²) in [5, 5.41) is 15.8. The van der Waals surface area contributed by atoms with E-state index < -0.39 is 0 Å². The fraction of sp³-hybridized carbons (Fsp3) is 0.0769. The predicted octanol–water partition coefficient (Wildman–Crippen LogP) is 3.61. The molecule has 20 heavy (non-hydrogen) atoms. The van der Waals surface area contributed by atoms with Crippen LogP contribution in [0.2, 0.25) is 0 Å². The van der Waals surface area contributed by atoms with E-state index in [4.69, 9.17) is 5.73 Å². The molecule has 7 heteroatoms. The molecule has 1 aromatic carbocycles. The topological polar surface area (TPSA) is 84.1 Å². The third kappa shape index (κ3) is 2.59. The molecule has 0 aliphatic carbocycles. The number of rotatable bonds is 3. The average Bonchev–Trinajstić information content (AvgIpc) is 2.99. The molecule has 0 spiro atoms. The van der Waals surface area contributed by atoms with Gasteiger partial charge in [-0.25, -0.2) is 9.97 Å². The second-order valence-electron chi connectivity index (χ2n) is 4.18. The van der Waals surface area contributed by atoms with Crippen LogP contribution in [0.1, 0.15) is 5.69 Å². The van der Waals surface area contributed by atoms with E-state index in [1.54, 1.807) is 24.3 Å². The van der Waals surface area contributed by atoms with Crippen molar-refractivity contribution in [3.05, 3.63) is 35.3 Å². The van der Waals surface area contributed by atoms with Gasteiger partial charge in [-0.05, 0) is 31.2 Å². The smallest absolute Gasteiger partial charge is 0.187 e. The van der Waals surface area contributed by atoms with Gasteiger partial charge in [-0.1, -0.05) is 11.3 Å². The first-order valence-electron chi connectivity index (χ1n) is 5.86. The Bertz CT molecular complexity index is 733. The van der Waals surface area contributed by atoms with E-state index in [1.165, 1.54) is 22.7 Å². The van der Waals surface area contributed by atoms with Gasteiger partial charge in [-0.15, -0.1) is 11.3 Å². The molecule has 2 heterocycles. The number of phenols is 1. The Labute approximate surface area is 123 Å². The number of aryl methyl sites for hydroxylation is 1. The number of aromatic hydroxyl groups is 1. The fourth-order valence-electron chi connectivity index (χ4n) is 1.76. The number of nitrogens with two attached hydrogens (primary N) is 1. The lowest BCUT2D eigenvalue weighted by Gasteiger charge is -2.01. The third-order valence-corrected chi connectivity index (χ3v) is 4.44. The van der Waals surface area contributed by atoms with Gasteiger partial charge in [0.2, 0.25) is 0 Å². The highest BCUT2D eigenvalue weighted by Gasteiger charge is 2.11. The van der Waals surface area contributed by atoms with Crippen LogP contribution < -0.4 is 11.1 Å². The van der Waals surface area contributed by atoms with Crippen molar-refractivity contribution >= 4 is 38.6 Å². The molecule has 3 aromatic rings. The number of nitrogens with zero attached hydrogens (tertiary/aromatic N) is 2. The van der Waals surface area contributed by atoms with Gasteiger partial charge in [0.15, 0.2) is 10.3 Å². The molecule has 0 saturated heterocycles. The molecule has 5 nitrogen and oxygen atoms in total. The number of nitrogens with one attached hydrogen (secondary N) is 1. The Morgan fingerprint density at radius 1 is 1.20 bits per heavy atom. The lowest BCUT2D eigenvalue weighted by molar-refractivity contribution is 0.475. The molecule has 102 valence electrons. The highest BCUT2D eigenvalue weighted by atomic mass is 32.1. The Kier molecular flexibility index (Phi) is 3.29. The van der Waals surface area contributed by atoms with Crippen LogP contribution in [0.3, 0.4) is 0 Å². The van der Waals surface area contributed by atoms with Crippen molar-refractivity contribution in [1.82, 2.24) is 9.97 Å². The van der Waals surface area contributed by atoms with E-state index in [0.29, 0.717) is 5.13 Å². The van der Waals surface area contributed by atoms with E-state index in [2.05, 4.69) is 15.3 Å². The number of hydrogen-bond donors (Lipinski definition) is 3. The maximum absolute atomic E-state index is 9.25. The van der Waals surface area contributed by atoms with Crippen LogP contribution in [0, 0.1) is 6.92 Å². The lowest BCUT2D eigenvalue weighted by atomic mass is 10.3. The van der Waals surface area contributed by atoms with E-state index in [-0.39, 0.29) is 5.75 Å². The van der Waals surface area contributed by atoms with Crippen molar-refractivity contribution in [2.45, 2.75) is 6.92 Å². The molecule has 0 radical (unpaired) electrons. The quantitative estimate of drug-likeness (QED) is 0.644. The van der Waals surface area contributed by atoms with Gasteiger partial charge < -0.3 is 16.2 Å². The maximum atomic E-state index is 9.25. The molecule has 0 bridgehead atoms. The standard InChI is InChI=1S/C13H12N4OS2/c1-7-11(20-12(14)15-7)10-6-19-13(17-10)16-8-2-4-9(18)5-3-8/h2-6,18H,1H3,(H2,14,15)(H,16,17). The molecule has 0 amide bonds. The minimum absolute atomic E-state index is 0.242. The second kappa shape index (κ2) is 5.10. The van der Waals surface area contributed by atoms with Crippen LogP contribution >= 0.6 is 22.7 Å². The minimum Gasteiger partial charge on any atom is -0.508 e. The highest BCUT2D eigenvalue weighted by molar-refractivity contribution is 7.19. The first-order chi connectivity index (χ1) is 9.61.